The van der Waals surface area contributed by atoms with Gasteiger partial charge in [0.2, 0.25) is 0 Å². The molecule has 0 amide bonds. The van der Waals surface area contributed by atoms with Gasteiger partial charge in [0.1, 0.15) is 0 Å². The lowest BCUT2D eigenvalue weighted by molar-refractivity contribution is 0.481. The lowest BCUT2D eigenvalue weighted by Gasteiger charge is -2.08. The van der Waals surface area contributed by atoms with Gasteiger partial charge in [0.15, 0.2) is 0 Å². The van der Waals surface area contributed by atoms with Crippen LogP contribution in [-0.2, 0) is 40.5 Å². The van der Waals surface area contributed by atoms with Gasteiger partial charge in [0, 0.05) is 44.3 Å². The molecule has 2 aliphatic heterocycles. The predicted octanol–water partition coefficient (Wildman–Crippen LogP) is -1.59. The Hall–Kier alpha value is -7.36. The SMILES string of the molecule is O.O.O.O.O.O.O.O.O.O.O.O.O=S(=O)(O)c1ccc(-c2c3nc(c(-c4ccc(S(=O)(=O)O)cc4)c4ccc([nH]4)c(-c4ccc(S(=O)(=O)O)cc4)c4nc(c(-c5ccc(S(=O)(=O)O)cc5)c5ccc2[nH]5)C=C4)C=C3)cc1. The van der Waals surface area contributed by atoms with E-state index < -0.39 is 40.5 Å². The summed E-state index contributed by atoms with van der Waals surface area (Å²) in [6.45, 7) is 0. The van der Waals surface area contributed by atoms with Crippen molar-refractivity contribution in [1.29, 1.82) is 0 Å². The second-order valence-electron chi connectivity index (χ2n) is 14.5. The second kappa shape index (κ2) is 27.4. The fourth-order valence-electron chi connectivity index (χ4n) is 7.59. The van der Waals surface area contributed by atoms with Gasteiger partial charge in [-0.2, -0.15) is 33.7 Å². The fourth-order valence-corrected chi connectivity index (χ4v) is 9.51. The number of hydrogen-bond donors (Lipinski definition) is 6. The molecule has 0 saturated heterocycles. The number of hydrogen-bond acceptors (Lipinski definition) is 10. The summed E-state index contributed by atoms with van der Waals surface area (Å²) >= 11 is 0. The molecule has 0 unspecified atom stereocenters. The first kappa shape index (κ1) is 75.2. The molecule has 5 heterocycles. The van der Waals surface area contributed by atoms with Gasteiger partial charge >= 0.3 is 0 Å². The number of nitrogens with one attached hydrogen (secondary N) is 2. The number of nitrogens with zero attached hydrogens (tertiary/aromatic N) is 2. The number of fused-ring (bicyclic) bond motifs is 8. The molecule has 76 heavy (non-hydrogen) atoms. The van der Waals surface area contributed by atoms with E-state index in [0.29, 0.717) is 89.4 Å². The lowest BCUT2D eigenvalue weighted by atomic mass is 10.0. The summed E-state index contributed by atoms with van der Waals surface area (Å²) in [4.78, 5) is 15.6. The first-order chi connectivity index (χ1) is 30.2. The molecule has 2 aliphatic rings. The van der Waals surface area contributed by atoms with Crippen LogP contribution in [0.4, 0.5) is 0 Å². The summed E-state index contributed by atoms with van der Waals surface area (Å²) in [6.07, 6.45) is 6.92. The molecule has 0 saturated carbocycles. The van der Waals surface area contributed by atoms with Crippen LogP contribution in [0.3, 0.4) is 0 Å². The molecule has 7 aromatic rings. The highest BCUT2D eigenvalue weighted by Crippen LogP contribution is 2.39. The van der Waals surface area contributed by atoms with E-state index in [4.69, 9.17) is 9.97 Å². The van der Waals surface area contributed by atoms with Crippen LogP contribution >= 0.6 is 0 Å². The maximum absolute atomic E-state index is 12.0. The average molecular weight is 1150 g/mol. The maximum Gasteiger partial charge on any atom is 0.294 e. The topological polar surface area (TPSA) is 653 Å². The first-order valence-corrected chi connectivity index (χ1v) is 24.5. The monoisotopic (exact) mass is 1150 g/mol. The summed E-state index contributed by atoms with van der Waals surface area (Å²) in [5.41, 5.74) is 7.41. The van der Waals surface area contributed by atoms with Crippen molar-refractivity contribution < 1.29 is 118 Å². The number of aromatic amines is 2. The van der Waals surface area contributed by atoms with Gasteiger partial charge in [-0.1, -0.05) is 48.5 Å². The average Bonchev–Trinajstić information content (AvgIpc) is 4.08. The minimum absolute atomic E-state index is 0. The molecule has 0 spiro atoms. The van der Waals surface area contributed by atoms with Crippen molar-refractivity contribution >= 4 is 86.8 Å². The molecule has 0 fully saturated rings. The fraction of sp³-hybridized carbons (Fsp3) is 0. The Labute approximate surface area is 430 Å². The molecule has 8 bridgehead atoms. The van der Waals surface area contributed by atoms with Gasteiger partial charge in [-0.3, -0.25) is 18.2 Å². The zero-order valence-electron chi connectivity index (χ0n) is 38.4. The van der Waals surface area contributed by atoms with E-state index in [2.05, 4.69) is 9.97 Å². The van der Waals surface area contributed by atoms with Gasteiger partial charge in [0.25, 0.3) is 40.5 Å². The molecule has 9 rings (SSSR count). The summed E-state index contributed by atoms with van der Waals surface area (Å²) in [7, 11) is -18.2. The minimum atomic E-state index is -4.55. The molecule has 0 aliphatic carbocycles. The zero-order chi connectivity index (χ0) is 45.3. The van der Waals surface area contributed by atoms with Crippen molar-refractivity contribution in [3.8, 4) is 44.5 Å². The molecular weight excluding hydrogens is 1100 g/mol. The normalized spacial score (nSPS) is 11.0. The Morgan fingerprint density at radius 2 is 0.421 bits per heavy atom. The van der Waals surface area contributed by atoms with Crippen LogP contribution in [0.15, 0.2) is 141 Å². The minimum Gasteiger partial charge on any atom is -0.412 e. The largest absolute Gasteiger partial charge is 0.412 e. The summed E-state index contributed by atoms with van der Waals surface area (Å²) in [6, 6.07) is 29.0. The summed E-state index contributed by atoms with van der Waals surface area (Å²) < 4.78 is 135. The molecule has 3 aromatic heterocycles. The molecular formula is C44H54N4O24S4. The van der Waals surface area contributed by atoms with Crippen molar-refractivity contribution in [2.24, 2.45) is 0 Å². The smallest absolute Gasteiger partial charge is 0.294 e. The van der Waals surface area contributed by atoms with Crippen molar-refractivity contribution in [3.05, 3.63) is 144 Å². The van der Waals surface area contributed by atoms with Gasteiger partial charge in [-0.05, 0) is 119 Å². The van der Waals surface area contributed by atoms with Crippen LogP contribution in [-0.4, -0.2) is 138 Å². The van der Waals surface area contributed by atoms with E-state index in [-0.39, 0.29) is 85.3 Å². The van der Waals surface area contributed by atoms with Crippen LogP contribution in [0.1, 0.15) is 22.8 Å². The highest BCUT2D eigenvalue weighted by molar-refractivity contribution is 7.86. The Morgan fingerprint density at radius 1 is 0.263 bits per heavy atom. The van der Waals surface area contributed by atoms with Crippen molar-refractivity contribution in [2.75, 3.05) is 0 Å². The highest BCUT2D eigenvalue weighted by atomic mass is 32.2. The van der Waals surface area contributed by atoms with Crippen LogP contribution in [0.2, 0.25) is 0 Å². The van der Waals surface area contributed by atoms with Crippen LogP contribution in [0, 0.1) is 0 Å². The molecule has 32 heteroatoms. The van der Waals surface area contributed by atoms with Crippen LogP contribution < -0.4 is 0 Å². The molecule has 418 valence electrons. The standard InChI is InChI=1S/C44H30N4O12S4.12H2O/c49-61(50,51)29-9-1-25(2-10-29)41-33-17-19-35(45-33)42(26-3-11-30(12-4-26)62(52,53)54)37-21-23-39(47-37)44(28-7-15-32(16-8-28)64(58,59)60)40-24-22-38(48-40)43(36-20-18-34(41)46-36)27-5-13-31(14-6-27)63(55,56)57;;;;;;;;;;;;/h1-24,45,48H,(H,49,50,51)(H,52,53,54)(H,55,56,57)(H,58,59,60);12*1H2. The molecule has 30 N–H and O–H groups in total. The number of rotatable bonds is 8. The van der Waals surface area contributed by atoms with Gasteiger partial charge < -0.3 is 75.7 Å². The number of H-pyrrole nitrogens is 2. The molecule has 0 radical (unpaired) electrons. The molecule has 4 aromatic carbocycles. The van der Waals surface area contributed by atoms with E-state index in [1.807, 2.05) is 0 Å². The van der Waals surface area contributed by atoms with Gasteiger partial charge in [-0.15, -0.1) is 0 Å². The van der Waals surface area contributed by atoms with E-state index in [0.717, 1.165) is 0 Å². The first-order valence-electron chi connectivity index (χ1n) is 18.7. The third kappa shape index (κ3) is 14.5. The zero-order valence-corrected chi connectivity index (χ0v) is 41.7. The summed E-state index contributed by atoms with van der Waals surface area (Å²) in [5.74, 6) is 0. The Balaban J connectivity index is -0.00000216. The third-order valence-electron chi connectivity index (χ3n) is 10.5. The Kier molecular flexibility index (Phi) is 27.1. The van der Waals surface area contributed by atoms with Crippen molar-refractivity contribution in [3.63, 3.8) is 0 Å². The summed E-state index contributed by atoms with van der Waals surface area (Å²) in [5, 5.41) is 0. The van der Waals surface area contributed by atoms with Gasteiger partial charge in [-0.25, -0.2) is 9.97 Å². The number of benzene rings is 4. The maximum atomic E-state index is 12.0. The number of aromatic nitrogens is 4. The van der Waals surface area contributed by atoms with Crippen molar-refractivity contribution in [2.45, 2.75) is 19.6 Å². The van der Waals surface area contributed by atoms with Gasteiger partial charge in [0.05, 0.1) is 42.4 Å². The molecule has 0 atom stereocenters. The highest BCUT2D eigenvalue weighted by Gasteiger charge is 2.21. The van der Waals surface area contributed by atoms with E-state index in [9.17, 15) is 51.9 Å². The van der Waals surface area contributed by atoms with Crippen LogP contribution in [0.5, 0.6) is 0 Å². The van der Waals surface area contributed by atoms with Crippen LogP contribution in [0.25, 0.3) is 90.9 Å². The predicted molar refractivity (Wildman–Crippen MR) is 283 cm³/mol. The van der Waals surface area contributed by atoms with E-state index in [1.165, 1.54) is 97.1 Å². The Morgan fingerprint density at radius 3 is 0.566 bits per heavy atom. The van der Waals surface area contributed by atoms with E-state index in [1.54, 1.807) is 48.6 Å². The lowest BCUT2D eigenvalue weighted by Crippen LogP contribution is -1.98. The third-order valence-corrected chi connectivity index (χ3v) is 14.0. The van der Waals surface area contributed by atoms with Crippen molar-refractivity contribution in [1.82, 2.24) is 19.9 Å². The Bertz CT molecular complexity index is 3320. The molecule has 28 nitrogen and oxygen atoms in total. The second-order valence-corrected chi connectivity index (χ2v) is 20.2. The van der Waals surface area contributed by atoms with E-state index >= 15 is 0 Å². The quantitative estimate of drug-likeness (QED) is 0.0936.